The highest BCUT2D eigenvalue weighted by Crippen LogP contribution is 2.29. The van der Waals surface area contributed by atoms with Crippen LogP contribution in [0.2, 0.25) is 0 Å². The van der Waals surface area contributed by atoms with Gasteiger partial charge in [-0.25, -0.2) is 0 Å². The van der Waals surface area contributed by atoms with Gasteiger partial charge in [-0.05, 0) is 61.6 Å². The topological polar surface area (TPSA) is 25.2 Å². The van der Waals surface area contributed by atoms with E-state index in [0.29, 0.717) is 0 Å². The van der Waals surface area contributed by atoms with Crippen LogP contribution in [-0.2, 0) is 12.8 Å². The average molecular weight is 277 g/mol. The number of benzene rings is 2. The standard InChI is InChI=1S/C19H19NO/c1-13(19-12-16-5-2-3-8-18(16)21-19)20-17-10-9-14-6-4-7-15(14)11-17/h2-3,5,8-13,20H,4,6-7H2,1H3. The van der Waals surface area contributed by atoms with Gasteiger partial charge in [-0.15, -0.1) is 0 Å². The molecule has 1 unspecified atom stereocenters. The van der Waals surface area contributed by atoms with Gasteiger partial charge >= 0.3 is 0 Å². The van der Waals surface area contributed by atoms with Gasteiger partial charge < -0.3 is 9.73 Å². The Hall–Kier alpha value is -2.22. The molecular weight excluding hydrogens is 258 g/mol. The van der Waals surface area contributed by atoms with Gasteiger partial charge in [-0.3, -0.25) is 0 Å². The van der Waals surface area contributed by atoms with Gasteiger partial charge in [-0.1, -0.05) is 24.3 Å². The van der Waals surface area contributed by atoms with Crippen molar-refractivity contribution in [3.8, 4) is 0 Å². The summed E-state index contributed by atoms with van der Waals surface area (Å²) >= 11 is 0. The Bertz CT molecular complexity index is 754. The van der Waals surface area contributed by atoms with Crippen LogP contribution in [0.1, 0.15) is 36.3 Å². The van der Waals surface area contributed by atoms with E-state index in [4.69, 9.17) is 4.42 Å². The molecule has 0 fully saturated rings. The molecule has 0 aliphatic heterocycles. The van der Waals surface area contributed by atoms with Gasteiger partial charge in [0.25, 0.3) is 0 Å². The van der Waals surface area contributed by atoms with E-state index in [9.17, 15) is 0 Å². The summed E-state index contributed by atoms with van der Waals surface area (Å²) in [6, 6.07) is 17.2. The lowest BCUT2D eigenvalue weighted by Crippen LogP contribution is -2.05. The fourth-order valence-corrected chi connectivity index (χ4v) is 3.20. The van der Waals surface area contributed by atoms with Crippen LogP contribution in [0.3, 0.4) is 0 Å². The highest BCUT2D eigenvalue weighted by atomic mass is 16.3. The molecule has 0 spiro atoms. The molecule has 2 heteroatoms. The first kappa shape index (κ1) is 12.5. The average Bonchev–Trinajstić information content (AvgIpc) is 3.13. The lowest BCUT2D eigenvalue weighted by molar-refractivity contribution is 0.526. The zero-order chi connectivity index (χ0) is 14.2. The number of aryl methyl sites for hydroxylation is 2. The first-order valence-electron chi connectivity index (χ1n) is 7.66. The summed E-state index contributed by atoms with van der Waals surface area (Å²) < 4.78 is 5.93. The van der Waals surface area contributed by atoms with E-state index < -0.39 is 0 Å². The van der Waals surface area contributed by atoms with Crippen molar-refractivity contribution in [2.45, 2.75) is 32.2 Å². The van der Waals surface area contributed by atoms with Crippen LogP contribution in [0.5, 0.6) is 0 Å². The molecule has 0 bridgehead atoms. The molecule has 1 aliphatic carbocycles. The van der Waals surface area contributed by atoms with Gasteiger partial charge in [0.05, 0.1) is 6.04 Å². The maximum absolute atomic E-state index is 5.93. The zero-order valence-electron chi connectivity index (χ0n) is 12.2. The minimum atomic E-state index is 0.164. The first-order valence-corrected chi connectivity index (χ1v) is 7.66. The monoisotopic (exact) mass is 277 g/mol. The van der Waals surface area contributed by atoms with Gasteiger partial charge in [-0.2, -0.15) is 0 Å². The third-order valence-corrected chi connectivity index (χ3v) is 4.35. The van der Waals surface area contributed by atoms with E-state index in [2.05, 4.69) is 42.6 Å². The summed E-state index contributed by atoms with van der Waals surface area (Å²) in [5, 5.41) is 4.72. The van der Waals surface area contributed by atoms with Crippen molar-refractivity contribution < 1.29 is 4.42 Å². The molecule has 1 heterocycles. The van der Waals surface area contributed by atoms with E-state index in [1.54, 1.807) is 0 Å². The van der Waals surface area contributed by atoms with Gasteiger partial charge in [0.1, 0.15) is 11.3 Å². The molecule has 1 N–H and O–H groups in total. The molecular formula is C19H19NO. The normalized spacial score (nSPS) is 15.1. The quantitative estimate of drug-likeness (QED) is 0.721. The molecule has 1 atom stereocenters. The molecule has 0 radical (unpaired) electrons. The van der Waals surface area contributed by atoms with Crippen molar-refractivity contribution in [1.29, 1.82) is 0 Å². The van der Waals surface area contributed by atoms with E-state index in [-0.39, 0.29) is 6.04 Å². The van der Waals surface area contributed by atoms with Crippen molar-refractivity contribution in [1.82, 2.24) is 0 Å². The first-order chi connectivity index (χ1) is 10.3. The molecule has 4 rings (SSSR count). The SMILES string of the molecule is CC(Nc1ccc2c(c1)CCC2)c1cc2ccccc2o1. The molecule has 2 nitrogen and oxygen atoms in total. The predicted octanol–water partition coefficient (Wildman–Crippen LogP) is 5.09. The summed E-state index contributed by atoms with van der Waals surface area (Å²) in [6.07, 6.45) is 3.73. The third kappa shape index (κ3) is 2.31. The lowest BCUT2D eigenvalue weighted by Gasteiger charge is -2.14. The third-order valence-electron chi connectivity index (χ3n) is 4.35. The van der Waals surface area contributed by atoms with Crippen LogP contribution < -0.4 is 5.32 Å². The largest absolute Gasteiger partial charge is 0.459 e. The van der Waals surface area contributed by atoms with Crippen molar-refractivity contribution in [2.24, 2.45) is 0 Å². The van der Waals surface area contributed by atoms with E-state index in [1.165, 1.54) is 36.1 Å². The summed E-state index contributed by atoms with van der Waals surface area (Å²) in [5.74, 6) is 0.983. The Morgan fingerprint density at radius 1 is 1.00 bits per heavy atom. The number of para-hydroxylation sites is 1. The van der Waals surface area contributed by atoms with E-state index >= 15 is 0 Å². The fraction of sp³-hybridized carbons (Fsp3) is 0.263. The van der Waals surface area contributed by atoms with Crippen LogP contribution in [0.15, 0.2) is 52.9 Å². The molecule has 2 aromatic carbocycles. The highest BCUT2D eigenvalue weighted by Gasteiger charge is 2.14. The van der Waals surface area contributed by atoms with Crippen LogP contribution in [0.4, 0.5) is 5.69 Å². The summed E-state index contributed by atoms with van der Waals surface area (Å²) in [5.41, 5.74) is 5.15. The predicted molar refractivity (Wildman–Crippen MR) is 86.7 cm³/mol. The molecule has 0 saturated carbocycles. The molecule has 1 aromatic heterocycles. The molecule has 21 heavy (non-hydrogen) atoms. The molecule has 0 amide bonds. The molecule has 3 aromatic rings. The smallest absolute Gasteiger partial charge is 0.134 e. The number of furan rings is 1. The number of hydrogen-bond acceptors (Lipinski definition) is 2. The van der Waals surface area contributed by atoms with E-state index in [0.717, 1.165) is 16.7 Å². The highest BCUT2D eigenvalue weighted by molar-refractivity contribution is 5.77. The fourth-order valence-electron chi connectivity index (χ4n) is 3.20. The minimum Gasteiger partial charge on any atom is -0.459 e. The van der Waals surface area contributed by atoms with Crippen molar-refractivity contribution >= 4 is 16.7 Å². The van der Waals surface area contributed by atoms with E-state index in [1.807, 2.05) is 18.2 Å². The molecule has 0 saturated heterocycles. The van der Waals surface area contributed by atoms with Gasteiger partial charge in [0.2, 0.25) is 0 Å². The second-order valence-electron chi connectivity index (χ2n) is 5.89. The summed E-state index contributed by atoms with van der Waals surface area (Å²) in [6.45, 7) is 2.14. The van der Waals surface area contributed by atoms with Crippen LogP contribution in [0, 0.1) is 0 Å². The Kier molecular flexibility index (Phi) is 2.95. The molecule has 106 valence electrons. The van der Waals surface area contributed by atoms with Gasteiger partial charge in [0.15, 0.2) is 0 Å². The number of fused-ring (bicyclic) bond motifs is 2. The number of anilines is 1. The zero-order valence-corrected chi connectivity index (χ0v) is 12.2. The maximum atomic E-state index is 5.93. The second-order valence-corrected chi connectivity index (χ2v) is 5.89. The lowest BCUT2D eigenvalue weighted by atomic mass is 10.1. The van der Waals surface area contributed by atoms with Crippen molar-refractivity contribution in [3.05, 3.63) is 65.4 Å². The molecule has 1 aliphatic rings. The Balaban J connectivity index is 1.58. The minimum absolute atomic E-state index is 0.164. The maximum Gasteiger partial charge on any atom is 0.134 e. The second kappa shape index (κ2) is 4.96. The number of nitrogens with one attached hydrogen (secondary N) is 1. The summed E-state index contributed by atoms with van der Waals surface area (Å²) in [4.78, 5) is 0. The number of rotatable bonds is 3. The summed E-state index contributed by atoms with van der Waals surface area (Å²) in [7, 11) is 0. The van der Waals surface area contributed by atoms with Crippen LogP contribution in [-0.4, -0.2) is 0 Å². The Morgan fingerprint density at radius 2 is 1.86 bits per heavy atom. The van der Waals surface area contributed by atoms with Gasteiger partial charge in [0, 0.05) is 11.1 Å². The van der Waals surface area contributed by atoms with Crippen molar-refractivity contribution in [2.75, 3.05) is 5.32 Å². The number of hydrogen-bond donors (Lipinski definition) is 1. The Morgan fingerprint density at radius 3 is 2.76 bits per heavy atom. The van der Waals surface area contributed by atoms with Crippen molar-refractivity contribution in [3.63, 3.8) is 0 Å². The van der Waals surface area contributed by atoms with Crippen LogP contribution >= 0.6 is 0 Å². The van der Waals surface area contributed by atoms with Crippen LogP contribution in [0.25, 0.3) is 11.0 Å². The Labute approximate surface area is 124 Å².